The van der Waals surface area contributed by atoms with E-state index in [9.17, 15) is 22.8 Å². The largest absolute Gasteiger partial charge is 0.478 e. The summed E-state index contributed by atoms with van der Waals surface area (Å²) in [4.78, 5) is 25.1. The zero-order chi connectivity index (χ0) is 22.2. The van der Waals surface area contributed by atoms with Crippen LogP contribution in [-0.2, 0) is 21.2 Å². The summed E-state index contributed by atoms with van der Waals surface area (Å²) in [5, 5.41) is 5.63. The first-order valence-electron chi connectivity index (χ1n) is 9.88. The molecule has 2 amide bonds. The van der Waals surface area contributed by atoms with Gasteiger partial charge in [-0.1, -0.05) is 18.2 Å². The van der Waals surface area contributed by atoms with Crippen LogP contribution in [0.15, 0.2) is 42.5 Å². The Bertz CT molecular complexity index is 1020. The normalized spacial score (nSPS) is 20.3. The van der Waals surface area contributed by atoms with E-state index in [1.54, 1.807) is 31.2 Å². The van der Waals surface area contributed by atoms with E-state index in [-0.39, 0.29) is 17.2 Å². The summed E-state index contributed by atoms with van der Waals surface area (Å²) >= 11 is 0. The van der Waals surface area contributed by atoms with E-state index in [4.69, 9.17) is 9.47 Å². The second-order valence-corrected chi connectivity index (χ2v) is 7.66. The van der Waals surface area contributed by atoms with Crippen LogP contribution >= 0.6 is 0 Å². The van der Waals surface area contributed by atoms with Crippen molar-refractivity contribution in [3.8, 4) is 5.75 Å². The molecular formula is C22H21F3N2O4. The van der Waals surface area contributed by atoms with Crippen LogP contribution < -0.4 is 15.4 Å². The van der Waals surface area contributed by atoms with E-state index in [1.807, 2.05) is 0 Å². The molecule has 0 bridgehead atoms. The van der Waals surface area contributed by atoms with Gasteiger partial charge in [-0.05, 0) is 49.6 Å². The van der Waals surface area contributed by atoms with E-state index in [1.165, 1.54) is 6.07 Å². The molecule has 2 aliphatic rings. The minimum Gasteiger partial charge on any atom is -0.478 e. The minimum atomic E-state index is -4.49. The molecule has 6 nitrogen and oxygen atoms in total. The van der Waals surface area contributed by atoms with Gasteiger partial charge in [-0.2, -0.15) is 13.2 Å². The van der Waals surface area contributed by atoms with Gasteiger partial charge in [0.2, 0.25) is 0 Å². The molecular weight excluding hydrogens is 413 g/mol. The molecule has 1 saturated heterocycles. The lowest BCUT2D eigenvalue weighted by atomic mass is 9.81. The smallest absolute Gasteiger partial charge is 0.416 e. The van der Waals surface area contributed by atoms with Crippen molar-refractivity contribution >= 4 is 17.5 Å². The molecule has 2 heterocycles. The van der Waals surface area contributed by atoms with Gasteiger partial charge in [0.05, 0.1) is 22.4 Å². The second-order valence-electron chi connectivity index (χ2n) is 7.66. The number of rotatable bonds is 3. The van der Waals surface area contributed by atoms with Gasteiger partial charge >= 0.3 is 6.18 Å². The molecule has 2 aromatic carbocycles. The quantitative estimate of drug-likeness (QED) is 0.769. The summed E-state index contributed by atoms with van der Waals surface area (Å²) in [7, 11) is 0. The number of alkyl halides is 3. The Labute approximate surface area is 176 Å². The third-order valence-corrected chi connectivity index (χ3v) is 5.62. The second kappa shape index (κ2) is 7.88. The monoisotopic (exact) mass is 434 g/mol. The van der Waals surface area contributed by atoms with Gasteiger partial charge in [0.1, 0.15) is 0 Å². The highest BCUT2D eigenvalue weighted by atomic mass is 19.4. The lowest BCUT2D eigenvalue weighted by Gasteiger charge is -2.39. The van der Waals surface area contributed by atoms with Crippen molar-refractivity contribution in [3.05, 3.63) is 59.2 Å². The van der Waals surface area contributed by atoms with Crippen LogP contribution in [0.3, 0.4) is 0 Å². The van der Waals surface area contributed by atoms with Crippen molar-refractivity contribution in [1.29, 1.82) is 0 Å². The molecule has 0 radical (unpaired) electrons. The summed E-state index contributed by atoms with van der Waals surface area (Å²) in [5.41, 5.74) is -0.866. The number of ether oxygens (including phenoxy) is 2. The summed E-state index contributed by atoms with van der Waals surface area (Å²) in [6.07, 6.45) is -4.62. The summed E-state index contributed by atoms with van der Waals surface area (Å²) < 4.78 is 50.9. The molecule has 0 spiro atoms. The van der Waals surface area contributed by atoms with Crippen LogP contribution in [0.25, 0.3) is 0 Å². The molecule has 2 aliphatic heterocycles. The zero-order valence-corrected chi connectivity index (χ0v) is 16.7. The predicted molar refractivity (Wildman–Crippen MR) is 106 cm³/mol. The van der Waals surface area contributed by atoms with Crippen molar-refractivity contribution in [2.75, 3.05) is 18.5 Å². The number of hydrogen-bond acceptors (Lipinski definition) is 4. The summed E-state index contributed by atoms with van der Waals surface area (Å²) in [6.45, 7) is 2.16. The van der Waals surface area contributed by atoms with Crippen LogP contribution in [-0.4, -0.2) is 31.1 Å². The summed E-state index contributed by atoms with van der Waals surface area (Å²) in [6, 6.07) is 9.78. The Kier molecular flexibility index (Phi) is 5.38. The molecule has 9 heteroatoms. The van der Waals surface area contributed by atoms with E-state index >= 15 is 0 Å². The first-order chi connectivity index (χ1) is 14.7. The predicted octanol–water partition coefficient (Wildman–Crippen LogP) is 3.86. The molecule has 0 aliphatic carbocycles. The molecule has 31 heavy (non-hydrogen) atoms. The van der Waals surface area contributed by atoms with Crippen molar-refractivity contribution in [2.45, 2.75) is 37.6 Å². The molecule has 1 fully saturated rings. The highest BCUT2D eigenvalue weighted by molar-refractivity contribution is 6.04. The topological polar surface area (TPSA) is 76.7 Å². The van der Waals surface area contributed by atoms with E-state index in [0.717, 1.165) is 12.1 Å². The highest BCUT2D eigenvalue weighted by Crippen LogP contribution is 2.38. The Morgan fingerprint density at radius 2 is 1.87 bits per heavy atom. The number of para-hydroxylation sites is 1. The number of carbonyl (C=O) groups is 2. The Hall–Kier alpha value is -3.07. The van der Waals surface area contributed by atoms with Crippen molar-refractivity contribution in [1.82, 2.24) is 5.32 Å². The average Bonchev–Trinajstić information content (AvgIpc) is 2.74. The maximum Gasteiger partial charge on any atom is 0.416 e. The number of halogens is 3. The maximum atomic E-state index is 13.3. The van der Waals surface area contributed by atoms with E-state index in [0.29, 0.717) is 37.3 Å². The van der Waals surface area contributed by atoms with Gasteiger partial charge in [0.25, 0.3) is 11.8 Å². The van der Waals surface area contributed by atoms with Crippen LogP contribution in [0.2, 0.25) is 0 Å². The minimum absolute atomic E-state index is 0.196. The Balaban J connectivity index is 1.70. The molecule has 164 valence electrons. The van der Waals surface area contributed by atoms with Gasteiger partial charge in [0, 0.05) is 13.2 Å². The van der Waals surface area contributed by atoms with Crippen LogP contribution in [0.5, 0.6) is 5.75 Å². The number of carbonyl (C=O) groups excluding carboxylic acids is 2. The SMILES string of the molecule is CC1Oc2c(cccc2C(=O)NC2(c3cccc(C(F)(F)F)c3)CCOCC2)NC1=O. The fourth-order valence-corrected chi connectivity index (χ4v) is 3.89. The first-order valence-corrected chi connectivity index (χ1v) is 9.88. The van der Waals surface area contributed by atoms with Gasteiger partial charge in [-0.15, -0.1) is 0 Å². The first kappa shape index (κ1) is 21.2. The van der Waals surface area contributed by atoms with Crippen LogP contribution in [0, 0.1) is 0 Å². The third kappa shape index (κ3) is 4.10. The number of anilines is 1. The van der Waals surface area contributed by atoms with E-state index < -0.39 is 29.3 Å². The van der Waals surface area contributed by atoms with Gasteiger partial charge < -0.3 is 20.1 Å². The van der Waals surface area contributed by atoms with Gasteiger partial charge in [-0.3, -0.25) is 9.59 Å². The van der Waals surface area contributed by atoms with Gasteiger partial charge in [-0.25, -0.2) is 0 Å². The fraction of sp³-hybridized carbons (Fsp3) is 0.364. The van der Waals surface area contributed by atoms with Crippen LogP contribution in [0.4, 0.5) is 18.9 Å². The number of benzene rings is 2. The lowest BCUT2D eigenvalue weighted by molar-refractivity contribution is -0.137. The molecule has 4 rings (SSSR count). The number of hydrogen-bond donors (Lipinski definition) is 2. The average molecular weight is 434 g/mol. The Morgan fingerprint density at radius 1 is 1.16 bits per heavy atom. The molecule has 1 atom stereocenters. The number of nitrogens with one attached hydrogen (secondary N) is 2. The lowest BCUT2D eigenvalue weighted by Crippen LogP contribution is -2.49. The molecule has 0 aromatic heterocycles. The summed E-state index contributed by atoms with van der Waals surface area (Å²) in [5.74, 6) is -0.590. The van der Waals surface area contributed by atoms with Gasteiger partial charge in [0.15, 0.2) is 11.9 Å². The molecule has 2 aromatic rings. The molecule has 0 saturated carbocycles. The highest BCUT2D eigenvalue weighted by Gasteiger charge is 2.39. The third-order valence-electron chi connectivity index (χ3n) is 5.62. The molecule has 2 N–H and O–H groups in total. The van der Waals surface area contributed by atoms with Crippen molar-refractivity contribution < 1.29 is 32.2 Å². The number of fused-ring (bicyclic) bond motifs is 1. The Morgan fingerprint density at radius 3 is 2.58 bits per heavy atom. The zero-order valence-electron chi connectivity index (χ0n) is 16.7. The van der Waals surface area contributed by atoms with Crippen molar-refractivity contribution in [2.24, 2.45) is 0 Å². The number of amides is 2. The standard InChI is InChI=1S/C22H21F3N2O4/c1-13-19(28)26-17-7-3-6-16(18(17)31-13)20(29)27-21(8-10-30-11-9-21)14-4-2-5-15(12-14)22(23,24)25/h2-7,12-13H,8-11H2,1H3,(H,26,28)(H,27,29). The fourth-order valence-electron chi connectivity index (χ4n) is 3.89. The van der Waals surface area contributed by atoms with Crippen molar-refractivity contribution in [3.63, 3.8) is 0 Å². The maximum absolute atomic E-state index is 13.3. The van der Waals surface area contributed by atoms with E-state index in [2.05, 4.69) is 10.6 Å². The molecule has 1 unspecified atom stereocenters. The van der Waals surface area contributed by atoms with Crippen LogP contribution in [0.1, 0.15) is 41.3 Å².